The van der Waals surface area contributed by atoms with Gasteiger partial charge in [-0.25, -0.2) is 4.79 Å². The molecule has 2 aromatic carbocycles. The van der Waals surface area contributed by atoms with Crippen molar-refractivity contribution in [2.24, 2.45) is 0 Å². The van der Waals surface area contributed by atoms with E-state index in [9.17, 15) is 18.0 Å². The molecule has 2 aliphatic rings. The number of methoxy groups -OCH3 is 1. The van der Waals surface area contributed by atoms with E-state index in [4.69, 9.17) is 16.3 Å². The van der Waals surface area contributed by atoms with E-state index in [0.29, 0.717) is 16.1 Å². The van der Waals surface area contributed by atoms with Crippen LogP contribution in [0.2, 0.25) is 5.02 Å². The zero-order valence-electron chi connectivity index (χ0n) is 12.0. The maximum Gasteiger partial charge on any atom is 0.419 e. The molecular formula is C16H12ClF3O3. The van der Waals surface area contributed by atoms with Crippen molar-refractivity contribution >= 4 is 17.6 Å². The first-order valence-electron chi connectivity index (χ1n) is 6.48. The summed E-state index contributed by atoms with van der Waals surface area (Å²) in [5.41, 5.74) is 0.215. The number of rotatable bonds is 1. The number of esters is 1. The lowest BCUT2D eigenvalue weighted by molar-refractivity contribution is -0.139. The minimum absolute atomic E-state index is 0.129. The Balaban J connectivity index is 0.000000174. The summed E-state index contributed by atoms with van der Waals surface area (Å²) in [6.45, 7) is 0.129. The Morgan fingerprint density at radius 2 is 1.87 bits per heavy atom. The number of ether oxygens (including phenoxy) is 2. The van der Waals surface area contributed by atoms with E-state index in [1.54, 1.807) is 24.3 Å². The molecule has 0 saturated heterocycles. The highest BCUT2D eigenvalue weighted by atomic mass is 35.5. The minimum Gasteiger partial charge on any atom is -0.488 e. The predicted octanol–water partition coefficient (Wildman–Crippen LogP) is 4.72. The molecule has 2 bridgehead atoms. The van der Waals surface area contributed by atoms with Gasteiger partial charge in [-0.3, -0.25) is 0 Å². The molecule has 0 unspecified atom stereocenters. The third kappa shape index (κ3) is 4.16. The molecule has 23 heavy (non-hydrogen) atoms. The number of hydrogen-bond donors (Lipinski definition) is 0. The molecule has 0 aromatic heterocycles. The van der Waals surface area contributed by atoms with Crippen LogP contribution in [0.25, 0.3) is 0 Å². The van der Waals surface area contributed by atoms with E-state index >= 15 is 0 Å². The van der Waals surface area contributed by atoms with Gasteiger partial charge in [-0.05, 0) is 24.3 Å². The van der Waals surface area contributed by atoms with Gasteiger partial charge in [0, 0.05) is 5.56 Å². The van der Waals surface area contributed by atoms with E-state index in [1.807, 2.05) is 6.07 Å². The highest BCUT2D eigenvalue weighted by Gasteiger charge is 2.37. The van der Waals surface area contributed by atoms with E-state index in [2.05, 4.69) is 4.74 Å². The summed E-state index contributed by atoms with van der Waals surface area (Å²) < 4.78 is 46.1. The SMILES string of the molecule is COC(=O)c1ccccc1.FC(F)(F)c1cc2c(Cl)cc1OC2. The van der Waals surface area contributed by atoms with Crippen LogP contribution in [0.15, 0.2) is 42.5 Å². The smallest absolute Gasteiger partial charge is 0.419 e. The fourth-order valence-electron chi connectivity index (χ4n) is 1.90. The third-order valence-electron chi connectivity index (χ3n) is 3.03. The van der Waals surface area contributed by atoms with Crippen LogP contribution in [0.1, 0.15) is 21.5 Å². The Morgan fingerprint density at radius 1 is 1.22 bits per heavy atom. The molecule has 3 nitrogen and oxygen atoms in total. The average Bonchev–Trinajstić information content (AvgIpc) is 2.55. The number of alkyl halides is 3. The van der Waals surface area contributed by atoms with Crippen LogP contribution in [0, 0.1) is 0 Å². The first-order valence-corrected chi connectivity index (χ1v) is 6.86. The predicted molar refractivity (Wildman–Crippen MR) is 78.6 cm³/mol. The third-order valence-corrected chi connectivity index (χ3v) is 3.38. The van der Waals surface area contributed by atoms with Gasteiger partial charge in [-0.15, -0.1) is 0 Å². The topological polar surface area (TPSA) is 35.5 Å². The summed E-state index contributed by atoms with van der Waals surface area (Å²) in [6, 6.07) is 11.1. The molecule has 0 spiro atoms. The van der Waals surface area contributed by atoms with Crippen molar-refractivity contribution in [2.75, 3.05) is 7.11 Å². The van der Waals surface area contributed by atoms with E-state index in [-0.39, 0.29) is 18.3 Å². The number of carbonyl (C=O) groups is 1. The van der Waals surface area contributed by atoms with Crippen molar-refractivity contribution in [3.05, 3.63) is 64.2 Å². The number of carbonyl (C=O) groups excluding carboxylic acids is 1. The van der Waals surface area contributed by atoms with Gasteiger partial charge < -0.3 is 9.47 Å². The summed E-state index contributed by atoms with van der Waals surface area (Å²) in [4.78, 5) is 10.8. The summed E-state index contributed by atoms with van der Waals surface area (Å²) >= 11 is 5.64. The van der Waals surface area contributed by atoms with Crippen molar-refractivity contribution in [2.45, 2.75) is 12.8 Å². The molecule has 0 saturated carbocycles. The lowest BCUT2D eigenvalue weighted by Crippen LogP contribution is -2.14. The molecule has 0 aliphatic carbocycles. The van der Waals surface area contributed by atoms with Crippen molar-refractivity contribution in [1.82, 2.24) is 0 Å². The summed E-state index contributed by atoms with van der Waals surface area (Å²) in [6.07, 6.45) is -4.37. The summed E-state index contributed by atoms with van der Waals surface area (Å²) in [5.74, 6) is -0.479. The Hall–Kier alpha value is -2.21. The second-order valence-electron chi connectivity index (χ2n) is 4.58. The number of halogens is 4. The summed E-state index contributed by atoms with van der Waals surface area (Å²) in [7, 11) is 1.37. The molecule has 0 amide bonds. The first-order chi connectivity index (χ1) is 10.8. The fraction of sp³-hybridized carbons (Fsp3) is 0.188. The molecular weight excluding hydrogens is 333 g/mol. The van der Waals surface area contributed by atoms with Gasteiger partial charge in [-0.1, -0.05) is 29.8 Å². The highest BCUT2D eigenvalue weighted by molar-refractivity contribution is 6.31. The largest absolute Gasteiger partial charge is 0.488 e. The minimum atomic E-state index is -4.37. The van der Waals surface area contributed by atoms with Crippen LogP contribution in [0.5, 0.6) is 5.75 Å². The second kappa shape index (κ2) is 6.91. The van der Waals surface area contributed by atoms with Crippen LogP contribution < -0.4 is 4.74 Å². The van der Waals surface area contributed by atoms with Crippen LogP contribution in [-0.2, 0) is 17.5 Å². The van der Waals surface area contributed by atoms with Gasteiger partial charge in [0.2, 0.25) is 0 Å². The maximum absolute atomic E-state index is 12.3. The van der Waals surface area contributed by atoms with Gasteiger partial charge in [0.25, 0.3) is 0 Å². The van der Waals surface area contributed by atoms with Crippen LogP contribution >= 0.6 is 11.6 Å². The van der Waals surface area contributed by atoms with Crippen molar-refractivity contribution in [1.29, 1.82) is 0 Å². The second-order valence-corrected chi connectivity index (χ2v) is 4.99. The fourth-order valence-corrected chi connectivity index (χ4v) is 2.11. The Kier molecular flexibility index (Phi) is 5.15. The molecule has 122 valence electrons. The van der Waals surface area contributed by atoms with Crippen molar-refractivity contribution in [3.63, 3.8) is 0 Å². The maximum atomic E-state index is 12.3. The van der Waals surface area contributed by atoms with Crippen LogP contribution in [0.3, 0.4) is 0 Å². The zero-order valence-corrected chi connectivity index (χ0v) is 12.7. The Labute approximate surface area is 135 Å². The molecule has 7 heteroatoms. The Morgan fingerprint density at radius 3 is 2.30 bits per heavy atom. The van der Waals surface area contributed by atoms with Gasteiger partial charge >= 0.3 is 12.1 Å². The number of fused-ring (bicyclic) bond motifs is 3. The quantitative estimate of drug-likeness (QED) is 0.702. The standard InChI is InChI=1S/C8H4ClF3O.C8H8O2/c9-6-2-7-5(8(10,11)12)1-4(6)3-13-7;1-10-8(9)7-5-3-2-4-6-7/h1-2H,3H2;2-6H,1H3. The lowest BCUT2D eigenvalue weighted by Gasteiger charge is -2.21. The molecule has 0 atom stereocenters. The monoisotopic (exact) mass is 344 g/mol. The number of benzene rings is 2. The van der Waals surface area contributed by atoms with Crippen LogP contribution in [0.4, 0.5) is 13.2 Å². The van der Waals surface area contributed by atoms with Gasteiger partial charge in [0.15, 0.2) is 0 Å². The van der Waals surface area contributed by atoms with E-state index < -0.39 is 11.7 Å². The van der Waals surface area contributed by atoms with E-state index in [1.165, 1.54) is 13.2 Å². The first kappa shape index (κ1) is 17.1. The normalized spacial score (nSPS) is 12.0. The summed E-state index contributed by atoms with van der Waals surface area (Å²) in [5, 5.41) is 0.328. The Bertz CT molecular complexity index is 700. The van der Waals surface area contributed by atoms with Crippen LogP contribution in [-0.4, -0.2) is 13.1 Å². The van der Waals surface area contributed by atoms with Crippen molar-refractivity contribution < 1.29 is 27.4 Å². The number of hydrogen-bond acceptors (Lipinski definition) is 3. The molecule has 2 aromatic rings. The molecule has 0 N–H and O–H groups in total. The van der Waals surface area contributed by atoms with E-state index in [0.717, 1.165) is 6.07 Å². The van der Waals surface area contributed by atoms with Gasteiger partial charge in [-0.2, -0.15) is 13.2 Å². The lowest BCUT2D eigenvalue weighted by atomic mass is 10.1. The average molecular weight is 345 g/mol. The molecule has 2 heterocycles. The highest BCUT2D eigenvalue weighted by Crippen LogP contribution is 2.42. The van der Waals surface area contributed by atoms with Gasteiger partial charge in [0.1, 0.15) is 12.4 Å². The molecule has 0 radical (unpaired) electrons. The molecule has 4 rings (SSSR count). The van der Waals surface area contributed by atoms with Crippen molar-refractivity contribution in [3.8, 4) is 5.75 Å². The zero-order chi connectivity index (χ0) is 17.0. The van der Waals surface area contributed by atoms with Gasteiger partial charge in [0.05, 0.1) is 23.3 Å². The molecule has 0 fully saturated rings. The molecule has 2 aliphatic heterocycles.